The Morgan fingerprint density at radius 2 is 1.66 bits per heavy atom. The fourth-order valence-corrected chi connectivity index (χ4v) is 4.24. The molecule has 0 aliphatic rings. The summed E-state index contributed by atoms with van der Waals surface area (Å²) in [4.78, 5) is 22.3. The van der Waals surface area contributed by atoms with Crippen LogP contribution in [0.5, 0.6) is 5.75 Å². The molecule has 0 aliphatic carbocycles. The van der Waals surface area contributed by atoms with Crippen LogP contribution in [-0.4, -0.2) is 17.0 Å². The largest absolute Gasteiger partial charge is 0.487 e. The van der Waals surface area contributed by atoms with E-state index >= 15 is 0 Å². The summed E-state index contributed by atoms with van der Waals surface area (Å²) in [6, 6.07) is 16.8. The van der Waals surface area contributed by atoms with Crippen molar-refractivity contribution < 1.29 is 14.5 Å². The van der Waals surface area contributed by atoms with Crippen LogP contribution < -0.4 is 10.2 Å². The number of amides is 1. The van der Waals surface area contributed by atoms with Gasteiger partial charge in [0.2, 0.25) is 5.91 Å². The van der Waals surface area contributed by atoms with Crippen molar-refractivity contribution in [1.82, 2.24) is 5.43 Å². The molecule has 0 saturated heterocycles. The minimum absolute atomic E-state index is 0.0278. The van der Waals surface area contributed by atoms with Crippen LogP contribution >= 0.6 is 43.5 Å². The van der Waals surface area contributed by atoms with Gasteiger partial charge >= 0.3 is 0 Å². The number of benzene rings is 3. The van der Waals surface area contributed by atoms with Crippen LogP contribution in [0, 0.1) is 10.1 Å². The van der Waals surface area contributed by atoms with E-state index in [1.165, 1.54) is 18.3 Å². The topological polar surface area (TPSA) is 93.8 Å². The molecule has 0 heterocycles. The van der Waals surface area contributed by atoms with Crippen molar-refractivity contribution in [2.45, 2.75) is 13.0 Å². The highest BCUT2D eigenvalue weighted by Gasteiger charge is 2.10. The Morgan fingerprint density at radius 1 is 1.06 bits per heavy atom. The molecule has 0 spiro atoms. The quantitative estimate of drug-likeness (QED) is 0.199. The highest BCUT2D eigenvalue weighted by atomic mass is 79.9. The lowest BCUT2D eigenvalue weighted by Gasteiger charge is -2.11. The van der Waals surface area contributed by atoms with Gasteiger partial charge in [0.1, 0.15) is 12.4 Å². The Kier molecular flexibility index (Phi) is 8.38. The third-order valence-electron chi connectivity index (χ3n) is 4.23. The smallest absolute Gasteiger partial charge is 0.269 e. The van der Waals surface area contributed by atoms with Gasteiger partial charge in [0.05, 0.1) is 26.5 Å². The number of nitro benzene ring substituents is 1. The third kappa shape index (κ3) is 6.88. The summed E-state index contributed by atoms with van der Waals surface area (Å²) in [6.07, 6.45) is 1.71. The van der Waals surface area contributed by atoms with Crippen molar-refractivity contribution in [1.29, 1.82) is 0 Å². The molecule has 0 saturated carbocycles. The van der Waals surface area contributed by atoms with Crippen LogP contribution in [-0.2, 0) is 17.8 Å². The number of hydrogen-bond donors (Lipinski definition) is 1. The molecule has 1 N–H and O–H groups in total. The van der Waals surface area contributed by atoms with E-state index in [0.717, 1.165) is 16.7 Å². The van der Waals surface area contributed by atoms with Crippen LogP contribution in [0.25, 0.3) is 0 Å². The van der Waals surface area contributed by atoms with Gasteiger partial charge in [-0.1, -0.05) is 23.7 Å². The van der Waals surface area contributed by atoms with Crippen LogP contribution in [0.2, 0.25) is 5.02 Å². The molecular formula is C22H16Br2ClN3O4. The zero-order valence-corrected chi connectivity index (χ0v) is 20.4. The normalized spacial score (nSPS) is 10.8. The number of nitrogens with one attached hydrogen (secondary N) is 1. The van der Waals surface area contributed by atoms with E-state index < -0.39 is 4.92 Å². The lowest BCUT2D eigenvalue weighted by Crippen LogP contribution is -2.19. The van der Waals surface area contributed by atoms with Crippen LogP contribution in [0.1, 0.15) is 16.7 Å². The average Bonchev–Trinajstić information content (AvgIpc) is 2.75. The first-order chi connectivity index (χ1) is 15.3. The fourth-order valence-electron chi connectivity index (χ4n) is 2.67. The highest BCUT2D eigenvalue weighted by molar-refractivity contribution is 9.11. The molecule has 3 aromatic rings. The summed E-state index contributed by atoms with van der Waals surface area (Å²) < 4.78 is 7.21. The number of rotatable bonds is 8. The predicted molar refractivity (Wildman–Crippen MR) is 130 cm³/mol. The molecule has 0 unspecified atom stereocenters. The molecule has 32 heavy (non-hydrogen) atoms. The van der Waals surface area contributed by atoms with E-state index in [4.69, 9.17) is 16.3 Å². The standard InChI is InChI=1S/C22H16Br2ClN3O4/c23-19-9-16(12-26-27-21(29)11-14-1-5-17(25)6-2-14)10-20(24)22(19)32-13-15-3-7-18(8-4-15)28(30)31/h1-10,12H,11,13H2,(H,27,29)/b26-12-. The lowest BCUT2D eigenvalue weighted by atomic mass is 10.1. The van der Waals surface area contributed by atoms with E-state index in [1.54, 1.807) is 48.5 Å². The first-order valence-corrected chi connectivity index (χ1v) is 11.2. The van der Waals surface area contributed by atoms with Gasteiger partial charge in [-0.2, -0.15) is 5.10 Å². The van der Waals surface area contributed by atoms with Gasteiger partial charge in [-0.05, 0) is 84.9 Å². The van der Waals surface area contributed by atoms with Crippen molar-refractivity contribution in [3.8, 4) is 5.75 Å². The van der Waals surface area contributed by atoms with E-state index in [2.05, 4.69) is 42.4 Å². The van der Waals surface area contributed by atoms with Crippen LogP contribution in [0.4, 0.5) is 5.69 Å². The Morgan fingerprint density at radius 3 is 2.25 bits per heavy atom. The number of ether oxygens (including phenoxy) is 1. The molecule has 3 aromatic carbocycles. The van der Waals surface area contributed by atoms with Crippen molar-refractivity contribution in [2.75, 3.05) is 0 Å². The molecule has 0 aromatic heterocycles. The van der Waals surface area contributed by atoms with E-state index in [-0.39, 0.29) is 24.6 Å². The Labute approximate surface area is 205 Å². The number of hydrogen-bond acceptors (Lipinski definition) is 5. The first kappa shape index (κ1) is 23.9. The monoisotopic (exact) mass is 579 g/mol. The maximum absolute atomic E-state index is 12.0. The first-order valence-electron chi connectivity index (χ1n) is 9.23. The number of nitrogens with zero attached hydrogens (tertiary/aromatic N) is 2. The molecule has 10 heteroatoms. The summed E-state index contributed by atoms with van der Waals surface area (Å²) in [5.41, 5.74) is 4.89. The fraction of sp³-hybridized carbons (Fsp3) is 0.0909. The molecule has 0 aliphatic heterocycles. The molecule has 1 amide bonds. The Hall–Kier alpha value is -2.75. The SMILES string of the molecule is O=C(Cc1ccc(Cl)cc1)N/N=C\c1cc(Br)c(OCc2ccc([N+](=O)[O-])cc2)c(Br)c1. The summed E-state index contributed by atoms with van der Waals surface area (Å²) in [5.74, 6) is 0.331. The van der Waals surface area contributed by atoms with Gasteiger partial charge < -0.3 is 4.74 Å². The molecule has 3 rings (SSSR count). The summed E-state index contributed by atoms with van der Waals surface area (Å²) in [7, 11) is 0. The van der Waals surface area contributed by atoms with Gasteiger partial charge in [-0.25, -0.2) is 5.43 Å². The lowest BCUT2D eigenvalue weighted by molar-refractivity contribution is -0.384. The molecule has 164 valence electrons. The van der Waals surface area contributed by atoms with Crippen molar-refractivity contribution in [3.63, 3.8) is 0 Å². The molecule has 0 radical (unpaired) electrons. The molecule has 7 nitrogen and oxygen atoms in total. The second-order valence-electron chi connectivity index (χ2n) is 6.62. The summed E-state index contributed by atoms with van der Waals surface area (Å²) in [6.45, 7) is 0.239. The summed E-state index contributed by atoms with van der Waals surface area (Å²) >= 11 is 12.8. The predicted octanol–water partition coefficient (Wildman–Crippen LogP) is 6.05. The van der Waals surface area contributed by atoms with Gasteiger partial charge in [0.25, 0.3) is 5.69 Å². The zero-order valence-electron chi connectivity index (χ0n) is 16.4. The molecular weight excluding hydrogens is 566 g/mol. The second-order valence-corrected chi connectivity index (χ2v) is 8.77. The maximum atomic E-state index is 12.0. The molecule has 0 atom stereocenters. The average molecular weight is 582 g/mol. The van der Waals surface area contributed by atoms with Crippen molar-refractivity contribution >= 4 is 61.3 Å². The number of hydrazone groups is 1. The number of carbonyl (C=O) groups excluding carboxylic acids is 1. The minimum Gasteiger partial charge on any atom is -0.487 e. The van der Waals surface area contributed by atoms with Gasteiger partial charge in [0, 0.05) is 17.2 Å². The van der Waals surface area contributed by atoms with Crippen LogP contribution in [0.15, 0.2) is 74.7 Å². The second kappa shape index (κ2) is 11.2. The van der Waals surface area contributed by atoms with Crippen molar-refractivity contribution in [2.24, 2.45) is 5.10 Å². The Bertz CT molecular complexity index is 1130. The van der Waals surface area contributed by atoms with E-state index in [0.29, 0.717) is 19.7 Å². The maximum Gasteiger partial charge on any atom is 0.269 e. The molecule has 0 fully saturated rings. The minimum atomic E-state index is -0.446. The van der Waals surface area contributed by atoms with Gasteiger partial charge in [-0.15, -0.1) is 0 Å². The number of nitro groups is 1. The summed E-state index contributed by atoms with van der Waals surface area (Å²) in [5, 5.41) is 15.4. The zero-order chi connectivity index (χ0) is 23.1. The Balaban J connectivity index is 1.57. The van der Waals surface area contributed by atoms with Gasteiger partial charge in [0.15, 0.2) is 0 Å². The van der Waals surface area contributed by atoms with E-state index in [1.807, 2.05) is 0 Å². The third-order valence-corrected chi connectivity index (χ3v) is 5.66. The van der Waals surface area contributed by atoms with E-state index in [9.17, 15) is 14.9 Å². The number of non-ortho nitro benzene ring substituents is 1. The number of halogens is 3. The highest BCUT2D eigenvalue weighted by Crippen LogP contribution is 2.35. The van der Waals surface area contributed by atoms with Gasteiger partial charge in [-0.3, -0.25) is 14.9 Å². The molecule has 0 bridgehead atoms. The number of carbonyl (C=O) groups is 1. The van der Waals surface area contributed by atoms with Crippen LogP contribution in [0.3, 0.4) is 0 Å². The van der Waals surface area contributed by atoms with Crippen molar-refractivity contribution in [3.05, 3.63) is 101 Å².